The van der Waals surface area contributed by atoms with Crippen LogP contribution >= 0.6 is 0 Å². The fourth-order valence-electron chi connectivity index (χ4n) is 2.97. The van der Waals surface area contributed by atoms with Gasteiger partial charge in [-0.25, -0.2) is 4.79 Å². The topological polar surface area (TPSA) is 87.7 Å². The lowest BCUT2D eigenvalue weighted by Gasteiger charge is -2.30. The average Bonchev–Trinajstić information content (AvgIpc) is 2.67. The normalized spacial score (nSPS) is 12.1. The molecule has 0 aromatic heterocycles. The number of carbonyl (C=O) groups excluding carboxylic acids is 3. The van der Waals surface area contributed by atoms with E-state index in [1.807, 2.05) is 38.1 Å². The van der Waals surface area contributed by atoms with E-state index in [2.05, 4.69) is 17.6 Å². The number of hydrogen-bond donors (Lipinski definition) is 2. The first kappa shape index (κ1) is 25.5. The Morgan fingerprint density at radius 2 is 1.67 bits per heavy atom. The predicted molar refractivity (Wildman–Crippen MR) is 118 cm³/mol. The summed E-state index contributed by atoms with van der Waals surface area (Å²) in [7, 11) is 0. The van der Waals surface area contributed by atoms with E-state index in [0.29, 0.717) is 13.1 Å². The highest BCUT2D eigenvalue weighted by atomic mass is 16.6. The molecule has 30 heavy (non-hydrogen) atoms. The van der Waals surface area contributed by atoms with Gasteiger partial charge in [-0.15, -0.1) is 0 Å². The minimum atomic E-state index is -0.759. The van der Waals surface area contributed by atoms with E-state index in [4.69, 9.17) is 4.74 Å². The first-order valence-corrected chi connectivity index (χ1v) is 10.7. The zero-order chi connectivity index (χ0) is 22.7. The van der Waals surface area contributed by atoms with Crippen LogP contribution in [0.25, 0.3) is 0 Å². The Morgan fingerprint density at radius 3 is 2.20 bits per heavy atom. The van der Waals surface area contributed by atoms with E-state index in [0.717, 1.165) is 30.4 Å². The van der Waals surface area contributed by atoms with Crippen molar-refractivity contribution in [1.82, 2.24) is 15.5 Å². The van der Waals surface area contributed by atoms with Crippen molar-refractivity contribution in [2.45, 2.75) is 72.4 Å². The molecule has 0 spiro atoms. The molecule has 0 heterocycles. The number of likely N-dealkylation sites (N-methyl/N-ethyl adjacent to an activating group) is 1. The van der Waals surface area contributed by atoms with E-state index in [9.17, 15) is 14.4 Å². The molecule has 0 aliphatic heterocycles. The summed E-state index contributed by atoms with van der Waals surface area (Å²) in [6.45, 7) is 11.8. The molecule has 0 aliphatic carbocycles. The van der Waals surface area contributed by atoms with Crippen molar-refractivity contribution >= 4 is 17.9 Å². The third-order valence-corrected chi connectivity index (χ3v) is 4.48. The van der Waals surface area contributed by atoms with Crippen LogP contribution < -0.4 is 10.6 Å². The predicted octanol–water partition coefficient (Wildman–Crippen LogP) is 3.72. The van der Waals surface area contributed by atoms with Gasteiger partial charge in [0.25, 0.3) is 0 Å². The van der Waals surface area contributed by atoms with Crippen molar-refractivity contribution in [1.29, 1.82) is 0 Å². The first-order valence-electron chi connectivity index (χ1n) is 10.7. The number of rotatable bonds is 10. The lowest BCUT2D eigenvalue weighted by atomic mass is 10.0. The minimum absolute atomic E-state index is 0.220. The second-order valence-corrected chi connectivity index (χ2v) is 8.35. The fourth-order valence-corrected chi connectivity index (χ4v) is 2.97. The molecule has 1 aromatic carbocycles. The van der Waals surface area contributed by atoms with E-state index in [1.54, 1.807) is 20.8 Å². The molecule has 0 bridgehead atoms. The third kappa shape index (κ3) is 8.84. The number of aryl methyl sites for hydroxylation is 1. The van der Waals surface area contributed by atoms with Gasteiger partial charge in [0, 0.05) is 13.1 Å². The van der Waals surface area contributed by atoms with Gasteiger partial charge in [0.05, 0.1) is 0 Å². The molecule has 0 radical (unpaired) electrons. The standard InChI is InChI=1S/C23H37N3O4/c1-7-9-10-15-24-21(28)20(18-13-11-17(3)12-14-18)26(8-2)19(27)16-25-22(29)30-23(4,5)6/h11-14,20H,7-10,15-16H2,1-6H3,(H,24,28)(H,25,29). The van der Waals surface area contributed by atoms with Crippen LogP contribution in [0.15, 0.2) is 24.3 Å². The van der Waals surface area contributed by atoms with Crippen LogP contribution in [0.2, 0.25) is 0 Å². The van der Waals surface area contributed by atoms with Crippen molar-refractivity contribution in [3.8, 4) is 0 Å². The van der Waals surface area contributed by atoms with Crippen molar-refractivity contribution in [2.24, 2.45) is 0 Å². The highest BCUT2D eigenvalue weighted by molar-refractivity contribution is 5.90. The molecule has 2 N–H and O–H groups in total. The van der Waals surface area contributed by atoms with Gasteiger partial charge >= 0.3 is 6.09 Å². The summed E-state index contributed by atoms with van der Waals surface area (Å²) in [5, 5.41) is 5.44. The number of benzene rings is 1. The van der Waals surface area contributed by atoms with Crippen molar-refractivity contribution in [2.75, 3.05) is 19.6 Å². The molecule has 1 aromatic rings. The first-order chi connectivity index (χ1) is 14.1. The number of hydrogen-bond acceptors (Lipinski definition) is 4. The smallest absolute Gasteiger partial charge is 0.408 e. The Kier molecular flexibility index (Phi) is 10.4. The molecule has 1 unspecified atom stereocenters. The van der Waals surface area contributed by atoms with Crippen LogP contribution in [0, 0.1) is 6.92 Å². The maximum atomic E-state index is 13.0. The van der Waals surface area contributed by atoms with E-state index >= 15 is 0 Å². The Hall–Kier alpha value is -2.57. The summed E-state index contributed by atoms with van der Waals surface area (Å²) in [5.41, 5.74) is 1.16. The number of alkyl carbamates (subject to hydrolysis) is 1. The number of ether oxygens (including phenoxy) is 1. The van der Waals surface area contributed by atoms with Gasteiger partial charge in [-0.05, 0) is 46.6 Å². The van der Waals surface area contributed by atoms with Crippen LogP contribution in [-0.4, -0.2) is 48.0 Å². The quantitative estimate of drug-likeness (QED) is 0.566. The van der Waals surface area contributed by atoms with E-state index in [1.165, 1.54) is 4.90 Å². The monoisotopic (exact) mass is 419 g/mol. The third-order valence-electron chi connectivity index (χ3n) is 4.48. The van der Waals surface area contributed by atoms with Gasteiger partial charge in [0.2, 0.25) is 11.8 Å². The van der Waals surface area contributed by atoms with Crippen LogP contribution in [0.5, 0.6) is 0 Å². The largest absolute Gasteiger partial charge is 0.444 e. The summed E-state index contributed by atoms with van der Waals surface area (Å²) >= 11 is 0. The van der Waals surface area contributed by atoms with Crippen LogP contribution in [0.1, 0.15) is 71.0 Å². The number of nitrogens with one attached hydrogen (secondary N) is 2. The average molecular weight is 420 g/mol. The molecule has 7 heteroatoms. The number of nitrogens with zero attached hydrogens (tertiary/aromatic N) is 1. The number of unbranched alkanes of at least 4 members (excludes halogenated alkanes) is 2. The second kappa shape index (κ2) is 12.2. The molecule has 1 rings (SSSR count). The SMILES string of the molecule is CCCCCNC(=O)C(c1ccc(C)cc1)N(CC)C(=O)CNC(=O)OC(C)(C)C. The number of amides is 3. The summed E-state index contributed by atoms with van der Waals surface area (Å²) in [6, 6.07) is 6.81. The van der Waals surface area contributed by atoms with Crippen LogP contribution in [0.4, 0.5) is 4.79 Å². The maximum Gasteiger partial charge on any atom is 0.408 e. The summed E-state index contributed by atoms with van der Waals surface area (Å²) in [4.78, 5) is 39.3. The molecule has 0 saturated carbocycles. The Labute approximate surface area is 180 Å². The van der Waals surface area contributed by atoms with Gasteiger partial charge in [-0.3, -0.25) is 9.59 Å². The molecule has 0 fully saturated rings. The summed E-state index contributed by atoms with van der Waals surface area (Å²) in [5.74, 6) is -0.569. The minimum Gasteiger partial charge on any atom is -0.444 e. The van der Waals surface area contributed by atoms with Gasteiger partial charge < -0.3 is 20.3 Å². The molecular formula is C23H37N3O4. The Morgan fingerprint density at radius 1 is 1.03 bits per heavy atom. The van der Waals surface area contributed by atoms with Crippen LogP contribution in [-0.2, 0) is 14.3 Å². The number of carbonyl (C=O) groups is 3. The Bertz CT molecular complexity index is 695. The van der Waals surface area contributed by atoms with Gasteiger partial charge in [0.1, 0.15) is 18.2 Å². The van der Waals surface area contributed by atoms with Gasteiger partial charge in [-0.1, -0.05) is 49.6 Å². The van der Waals surface area contributed by atoms with Crippen LogP contribution in [0.3, 0.4) is 0 Å². The molecule has 3 amide bonds. The molecule has 7 nitrogen and oxygen atoms in total. The van der Waals surface area contributed by atoms with Gasteiger partial charge in [0.15, 0.2) is 0 Å². The van der Waals surface area contributed by atoms with Gasteiger partial charge in [-0.2, -0.15) is 0 Å². The molecule has 0 aliphatic rings. The molecule has 0 saturated heterocycles. The second-order valence-electron chi connectivity index (χ2n) is 8.35. The molecule has 168 valence electrons. The Balaban J connectivity index is 2.95. The van der Waals surface area contributed by atoms with Crippen molar-refractivity contribution in [3.63, 3.8) is 0 Å². The van der Waals surface area contributed by atoms with Crippen molar-refractivity contribution < 1.29 is 19.1 Å². The zero-order valence-electron chi connectivity index (χ0n) is 19.2. The highest BCUT2D eigenvalue weighted by Gasteiger charge is 2.30. The maximum absolute atomic E-state index is 13.0. The lowest BCUT2D eigenvalue weighted by Crippen LogP contribution is -2.47. The summed E-state index contributed by atoms with van der Waals surface area (Å²) in [6.07, 6.45) is 2.32. The lowest BCUT2D eigenvalue weighted by molar-refractivity contribution is -0.140. The molecule has 1 atom stereocenters. The molecular weight excluding hydrogens is 382 g/mol. The van der Waals surface area contributed by atoms with E-state index < -0.39 is 17.7 Å². The summed E-state index contributed by atoms with van der Waals surface area (Å²) < 4.78 is 5.18. The van der Waals surface area contributed by atoms with E-state index in [-0.39, 0.29) is 18.4 Å². The zero-order valence-corrected chi connectivity index (χ0v) is 19.2. The highest BCUT2D eigenvalue weighted by Crippen LogP contribution is 2.22. The fraction of sp³-hybridized carbons (Fsp3) is 0.609. The van der Waals surface area contributed by atoms with Crippen molar-refractivity contribution in [3.05, 3.63) is 35.4 Å².